The molecule has 0 bridgehead atoms. The van der Waals surface area contributed by atoms with Gasteiger partial charge in [-0.3, -0.25) is 9.59 Å². The first-order valence-corrected chi connectivity index (χ1v) is 7.29. The quantitative estimate of drug-likeness (QED) is 0.896. The van der Waals surface area contributed by atoms with Crippen LogP contribution < -0.4 is 10.2 Å². The molecule has 1 atom stereocenters. The number of hydrogen-bond acceptors (Lipinski definition) is 2. The van der Waals surface area contributed by atoms with Crippen LogP contribution in [-0.2, 0) is 9.59 Å². The summed E-state index contributed by atoms with van der Waals surface area (Å²) in [4.78, 5) is 25.7. The van der Waals surface area contributed by atoms with Gasteiger partial charge in [0.2, 0.25) is 11.8 Å². The summed E-state index contributed by atoms with van der Waals surface area (Å²) >= 11 is 9.28. The Hall–Kier alpha value is -1.07. The standard InChI is InChI=1S/C13H12BrClN2O2/c14-9-5-8(3-4-10(9)15)17-6-11(18)16-12(13(17)19)7-1-2-7/h3-5,7,12H,1-2,6H2,(H,16,18). The van der Waals surface area contributed by atoms with Gasteiger partial charge in [-0.05, 0) is 52.9 Å². The molecule has 2 fully saturated rings. The zero-order valence-electron chi connectivity index (χ0n) is 10.0. The summed E-state index contributed by atoms with van der Waals surface area (Å²) in [7, 11) is 0. The molecule has 1 saturated carbocycles. The lowest BCUT2D eigenvalue weighted by molar-refractivity contribution is -0.131. The van der Waals surface area contributed by atoms with Crippen molar-refractivity contribution >= 4 is 45.0 Å². The molecule has 2 aliphatic rings. The minimum absolute atomic E-state index is 0.0312. The van der Waals surface area contributed by atoms with Crippen LogP contribution in [0.25, 0.3) is 0 Å². The summed E-state index contributed by atoms with van der Waals surface area (Å²) in [5.41, 5.74) is 0.696. The van der Waals surface area contributed by atoms with Gasteiger partial charge in [-0.2, -0.15) is 0 Å². The Kier molecular flexibility index (Phi) is 3.27. The number of benzene rings is 1. The number of rotatable bonds is 2. The molecular formula is C13H12BrClN2O2. The molecule has 0 aromatic heterocycles. The van der Waals surface area contributed by atoms with Crippen LogP contribution >= 0.6 is 27.5 Å². The molecule has 1 saturated heterocycles. The minimum atomic E-state index is -0.365. The Morgan fingerprint density at radius 1 is 1.32 bits per heavy atom. The van der Waals surface area contributed by atoms with Crippen LogP contribution in [0, 0.1) is 5.92 Å². The van der Waals surface area contributed by atoms with Crippen molar-refractivity contribution < 1.29 is 9.59 Å². The van der Waals surface area contributed by atoms with E-state index in [1.807, 2.05) is 0 Å². The van der Waals surface area contributed by atoms with E-state index in [2.05, 4.69) is 21.2 Å². The van der Waals surface area contributed by atoms with Crippen molar-refractivity contribution in [2.24, 2.45) is 5.92 Å². The highest BCUT2D eigenvalue weighted by Gasteiger charge is 2.43. The summed E-state index contributed by atoms with van der Waals surface area (Å²) in [6, 6.07) is 4.87. The molecule has 2 amide bonds. The molecule has 1 aliphatic heterocycles. The van der Waals surface area contributed by atoms with Gasteiger partial charge in [-0.1, -0.05) is 11.6 Å². The Morgan fingerprint density at radius 3 is 2.68 bits per heavy atom. The van der Waals surface area contributed by atoms with E-state index >= 15 is 0 Å². The predicted octanol–water partition coefficient (Wildman–Crippen LogP) is 2.34. The molecule has 0 spiro atoms. The maximum atomic E-state index is 12.4. The van der Waals surface area contributed by atoms with Crippen molar-refractivity contribution in [3.05, 3.63) is 27.7 Å². The predicted molar refractivity (Wildman–Crippen MR) is 76.2 cm³/mol. The highest BCUT2D eigenvalue weighted by Crippen LogP contribution is 2.36. The summed E-state index contributed by atoms with van der Waals surface area (Å²) in [5, 5.41) is 3.37. The Labute approximate surface area is 124 Å². The lowest BCUT2D eigenvalue weighted by Gasteiger charge is -2.32. The molecule has 0 radical (unpaired) electrons. The molecule has 1 aromatic carbocycles. The molecule has 19 heavy (non-hydrogen) atoms. The van der Waals surface area contributed by atoms with Crippen LogP contribution in [-0.4, -0.2) is 24.4 Å². The average Bonchev–Trinajstić information content (AvgIpc) is 3.19. The average molecular weight is 344 g/mol. The summed E-state index contributed by atoms with van der Waals surface area (Å²) in [6.07, 6.45) is 2.02. The SMILES string of the molecule is O=C1CN(c2ccc(Cl)c(Br)c2)C(=O)C(C2CC2)N1. The van der Waals surface area contributed by atoms with Crippen molar-refractivity contribution in [3.8, 4) is 0 Å². The summed E-state index contributed by atoms with van der Waals surface area (Å²) < 4.78 is 0.716. The third-order valence-corrected chi connectivity index (χ3v) is 4.67. The van der Waals surface area contributed by atoms with E-state index in [1.54, 1.807) is 18.2 Å². The van der Waals surface area contributed by atoms with Gasteiger partial charge in [0.15, 0.2) is 0 Å². The van der Waals surface area contributed by atoms with E-state index in [1.165, 1.54) is 4.90 Å². The number of anilines is 1. The topological polar surface area (TPSA) is 49.4 Å². The second-order valence-electron chi connectivity index (χ2n) is 4.91. The van der Waals surface area contributed by atoms with Crippen LogP contribution in [0.15, 0.2) is 22.7 Å². The molecule has 4 nitrogen and oxygen atoms in total. The van der Waals surface area contributed by atoms with E-state index in [0.717, 1.165) is 12.8 Å². The monoisotopic (exact) mass is 342 g/mol. The highest BCUT2D eigenvalue weighted by atomic mass is 79.9. The third-order valence-electron chi connectivity index (χ3n) is 3.46. The fourth-order valence-corrected chi connectivity index (χ4v) is 2.78. The molecular weight excluding hydrogens is 332 g/mol. The van der Waals surface area contributed by atoms with Crippen molar-refractivity contribution in [1.82, 2.24) is 5.32 Å². The molecule has 1 heterocycles. The number of nitrogens with one attached hydrogen (secondary N) is 1. The lowest BCUT2D eigenvalue weighted by Crippen LogP contribution is -2.59. The number of piperazine rings is 1. The fourth-order valence-electron chi connectivity index (χ4n) is 2.29. The van der Waals surface area contributed by atoms with Gasteiger partial charge in [0, 0.05) is 10.2 Å². The normalized spacial score (nSPS) is 23.5. The van der Waals surface area contributed by atoms with E-state index in [4.69, 9.17) is 11.6 Å². The van der Waals surface area contributed by atoms with Gasteiger partial charge >= 0.3 is 0 Å². The fraction of sp³-hybridized carbons (Fsp3) is 0.385. The number of hydrogen-bond donors (Lipinski definition) is 1. The van der Waals surface area contributed by atoms with Crippen LogP contribution in [0.1, 0.15) is 12.8 Å². The van der Waals surface area contributed by atoms with Gasteiger partial charge in [0.25, 0.3) is 0 Å². The molecule has 100 valence electrons. The molecule has 1 aromatic rings. The zero-order valence-corrected chi connectivity index (χ0v) is 12.4. The maximum Gasteiger partial charge on any atom is 0.250 e. The summed E-state index contributed by atoms with van der Waals surface area (Å²) in [5.74, 6) is 0.161. The zero-order chi connectivity index (χ0) is 13.6. The molecule has 1 unspecified atom stereocenters. The number of halogens is 2. The second-order valence-corrected chi connectivity index (χ2v) is 6.17. The van der Waals surface area contributed by atoms with Crippen molar-refractivity contribution in [1.29, 1.82) is 0 Å². The van der Waals surface area contributed by atoms with Crippen molar-refractivity contribution in [2.45, 2.75) is 18.9 Å². The molecule has 6 heteroatoms. The van der Waals surface area contributed by atoms with E-state index < -0.39 is 0 Å². The van der Waals surface area contributed by atoms with Gasteiger partial charge in [-0.15, -0.1) is 0 Å². The molecule has 3 rings (SSSR count). The van der Waals surface area contributed by atoms with E-state index in [-0.39, 0.29) is 24.4 Å². The lowest BCUT2D eigenvalue weighted by atomic mass is 10.1. The number of carbonyl (C=O) groups excluding carboxylic acids is 2. The summed E-state index contributed by atoms with van der Waals surface area (Å²) in [6.45, 7) is 0.0656. The second kappa shape index (κ2) is 4.80. The van der Waals surface area contributed by atoms with Crippen LogP contribution in [0.5, 0.6) is 0 Å². The third kappa shape index (κ3) is 2.49. The van der Waals surface area contributed by atoms with Crippen LogP contribution in [0.4, 0.5) is 5.69 Å². The number of carbonyl (C=O) groups is 2. The maximum absolute atomic E-state index is 12.4. The smallest absolute Gasteiger partial charge is 0.250 e. The van der Waals surface area contributed by atoms with Crippen molar-refractivity contribution in [3.63, 3.8) is 0 Å². The number of amides is 2. The first-order valence-electron chi connectivity index (χ1n) is 6.12. The Morgan fingerprint density at radius 2 is 2.05 bits per heavy atom. The largest absolute Gasteiger partial charge is 0.342 e. The Bertz CT molecular complexity index is 560. The first kappa shape index (κ1) is 12.9. The van der Waals surface area contributed by atoms with Crippen LogP contribution in [0.3, 0.4) is 0 Å². The minimum Gasteiger partial charge on any atom is -0.342 e. The van der Waals surface area contributed by atoms with Gasteiger partial charge in [-0.25, -0.2) is 0 Å². The highest BCUT2D eigenvalue weighted by molar-refractivity contribution is 9.10. The van der Waals surface area contributed by atoms with Gasteiger partial charge in [0.05, 0.1) is 5.02 Å². The molecule has 1 aliphatic carbocycles. The number of nitrogens with zero attached hydrogens (tertiary/aromatic N) is 1. The van der Waals surface area contributed by atoms with Crippen molar-refractivity contribution in [2.75, 3.05) is 11.4 Å². The first-order chi connectivity index (χ1) is 9.06. The van der Waals surface area contributed by atoms with E-state index in [0.29, 0.717) is 21.1 Å². The van der Waals surface area contributed by atoms with Gasteiger partial charge in [0.1, 0.15) is 12.6 Å². The van der Waals surface area contributed by atoms with E-state index in [9.17, 15) is 9.59 Å². The molecule has 1 N–H and O–H groups in total. The van der Waals surface area contributed by atoms with Crippen LogP contribution in [0.2, 0.25) is 5.02 Å². The Balaban J connectivity index is 1.91. The van der Waals surface area contributed by atoms with Gasteiger partial charge < -0.3 is 10.2 Å².